The van der Waals surface area contributed by atoms with Crippen LogP contribution in [0.5, 0.6) is 0 Å². The molecule has 0 saturated carbocycles. The van der Waals surface area contributed by atoms with Crippen molar-refractivity contribution in [2.45, 2.75) is 26.8 Å². The predicted molar refractivity (Wildman–Crippen MR) is 103 cm³/mol. The summed E-state index contributed by atoms with van der Waals surface area (Å²) >= 11 is 0. The minimum absolute atomic E-state index is 0.599. The summed E-state index contributed by atoms with van der Waals surface area (Å²) in [6.07, 6.45) is 1.03. The molecule has 2 aromatic rings. The molecular formula is C18H29N7. The summed E-state index contributed by atoms with van der Waals surface area (Å²) < 4.78 is 1.97. The highest BCUT2D eigenvalue weighted by Crippen LogP contribution is 2.12. The van der Waals surface area contributed by atoms with Crippen molar-refractivity contribution < 1.29 is 0 Å². The number of hydrogen-bond acceptors (Lipinski definition) is 4. The highest BCUT2D eigenvalue weighted by molar-refractivity contribution is 5.79. The first-order chi connectivity index (χ1) is 12.2. The van der Waals surface area contributed by atoms with Gasteiger partial charge in [-0.1, -0.05) is 18.2 Å². The van der Waals surface area contributed by atoms with E-state index in [0.29, 0.717) is 6.54 Å². The zero-order valence-electron chi connectivity index (χ0n) is 15.7. The summed E-state index contributed by atoms with van der Waals surface area (Å²) in [4.78, 5) is 6.63. The second kappa shape index (κ2) is 9.66. The molecule has 0 radical (unpaired) electrons. The average Bonchev–Trinajstić information content (AvgIpc) is 2.97. The fourth-order valence-corrected chi connectivity index (χ4v) is 2.57. The van der Waals surface area contributed by atoms with Gasteiger partial charge in [0.2, 0.25) is 0 Å². The van der Waals surface area contributed by atoms with Crippen LogP contribution < -0.4 is 15.5 Å². The minimum atomic E-state index is 0.599. The largest absolute Gasteiger partial charge is 0.372 e. The SMILES string of the molecule is CCN(CCCNC(=NC)NCc1nnc(C)n1C)c1ccccc1. The number of nitrogens with one attached hydrogen (secondary N) is 2. The van der Waals surface area contributed by atoms with Gasteiger partial charge in [-0.05, 0) is 32.4 Å². The molecule has 0 unspecified atom stereocenters. The van der Waals surface area contributed by atoms with E-state index < -0.39 is 0 Å². The van der Waals surface area contributed by atoms with Crippen LogP contribution in [-0.2, 0) is 13.6 Å². The lowest BCUT2D eigenvalue weighted by atomic mass is 10.2. The topological polar surface area (TPSA) is 70.4 Å². The number of nitrogens with zero attached hydrogens (tertiary/aromatic N) is 5. The van der Waals surface area contributed by atoms with Crippen LogP contribution in [0.2, 0.25) is 0 Å². The van der Waals surface area contributed by atoms with Gasteiger partial charge in [0.25, 0.3) is 0 Å². The summed E-state index contributed by atoms with van der Waals surface area (Å²) in [6, 6.07) is 10.5. The number of hydrogen-bond donors (Lipinski definition) is 2. The molecule has 2 N–H and O–H groups in total. The Balaban J connectivity index is 1.73. The summed E-state index contributed by atoms with van der Waals surface area (Å²) in [5.74, 6) is 2.57. The van der Waals surface area contributed by atoms with Gasteiger partial charge >= 0.3 is 0 Å². The Morgan fingerprint density at radius 1 is 1.20 bits per heavy atom. The van der Waals surface area contributed by atoms with Crippen molar-refractivity contribution in [1.29, 1.82) is 0 Å². The number of rotatable bonds is 8. The van der Waals surface area contributed by atoms with Crippen LogP contribution in [0, 0.1) is 6.92 Å². The molecule has 0 fully saturated rings. The van der Waals surface area contributed by atoms with Crippen LogP contribution in [0.3, 0.4) is 0 Å². The number of guanidine groups is 1. The smallest absolute Gasteiger partial charge is 0.191 e. The van der Waals surface area contributed by atoms with Crippen LogP contribution in [0.1, 0.15) is 25.0 Å². The molecule has 0 aliphatic heterocycles. The molecular weight excluding hydrogens is 314 g/mol. The normalized spacial score (nSPS) is 11.4. The van der Waals surface area contributed by atoms with Crippen molar-refractivity contribution in [3.8, 4) is 0 Å². The molecule has 1 heterocycles. The van der Waals surface area contributed by atoms with Crippen LogP contribution in [0.25, 0.3) is 0 Å². The van der Waals surface area contributed by atoms with E-state index in [4.69, 9.17) is 0 Å². The van der Waals surface area contributed by atoms with Gasteiger partial charge in [0.05, 0.1) is 6.54 Å². The zero-order chi connectivity index (χ0) is 18.1. The number of anilines is 1. The second-order valence-corrected chi connectivity index (χ2v) is 5.84. The first kappa shape index (κ1) is 18.8. The highest BCUT2D eigenvalue weighted by atomic mass is 15.3. The van der Waals surface area contributed by atoms with Gasteiger partial charge in [-0.25, -0.2) is 0 Å². The van der Waals surface area contributed by atoms with Crippen molar-refractivity contribution in [3.63, 3.8) is 0 Å². The molecule has 0 bridgehead atoms. The summed E-state index contributed by atoms with van der Waals surface area (Å²) in [5.41, 5.74) is 1.27. The zero-order valence-corrected chi connectivity index (χ0v) is 15.7. The molecule has 0 saturated heterocycles. The maximum absolute atomic E-state index is 4.26. The fourth-order valence-electron chi connectivity index (χ4n) is 2.57. The van der Waals surface area contributed by atoms with E-state index in [9.17, 15) is 0 Å². The Labute approximate surface area is 150 Å². The highest BCUT2D eigenvalue weighted by Gasteiger charge is 2.06. The molecule has 0 spiro atoms. The third-order valence-electron chi connectivity index (χ3n) is 4.22. The Kier molecular flexibility index (Phi) is 7.25. The van der Waals surface area contributed by atoms with Gasteiger partial charge in [-0.2, -0.15) is 0 Å². The Hall–Kier alpha value is -2.57. The molecule has 7 nitrogen and oxygen atoms in total. The maximum atomic E-state index is 4.26. The summed E-state index contributed by atoms with van der Waals surface area (Å²) in [6.45, 7) is 7.60. The van der Waals surface area contributed by atoms with Crippen LogP contribution >= 0.6 is 0 Å². The van der Waals surface area contributed by atoms with Crippen LogP contribution in [0.4, 0.5) is 5.69 Å². The van der Waals surface area contributed by atoms with Crippen molar-refractivity contribution in [2.24, 2.45) is 12.0 Å². The van der Waals surface area contributed by atoms with Crippen LogP contribution in [-0.4, -0.2) is 47.4 Å². The predicted octanol–water partition coefficient (Wildman–Crippen LogP) is 1.71. The standard InChI is InChI=1S/C18H29N7/c1-5-25(16-10-7-6-8-11-16)13-9-12-20-18(19-3)21-14-17-23-22-15(2)24(17)4/h6-8,10-11H,5,9,12-14H2,1-4H3,(H2,19,20,21). The van der Waals surface area contributed by atoms with E-state index in [-0.39, 0.29) is 0 Å². The molecule has 0 amide bonds. The fraction of sp³-hybridized carbons (Fsp3) is 0.500. The number of aliphatic imine (C=N–C) groups is 1. The van der Waals surface area contributed by atoms with Crippen molar-refractivity contribution in [2.75, 3.05) is 31.6 Å². The van der Waals surface area contributed by atoms with Crippen molar-refractivity contribution in [1.82, 2.24) is 25.4 Å². The molecule has 0 aliphatic rings. The van der Waals surface area contributed by atoms with E-state index in [1.165, 1.54) is 5.69 Å². The van der Waals surface area contributed by atoms with E-state index >= 15 is 0 Å². The molecule has 2 rings (SSSR count). The van der Waals surface area contributed by atoms with E-state index in [2.05, 4.69) is 61.9 Å². The number of aromatic nitrogens is 3. The van der Waals surface area contributed by atoms with Gasteiger partial charge in [0, 0.05) is 39.4 Å². The monoisotopic (exact) mass is 343 g/mol. The quantitative estimate of drug-likeness (QED) is 0.434. The molecule has 1 aromatic heterocycles. The molecule has 0 atom stereocenters. The van der Waals surface area contributed by atoms with Crippen molar-refractivity contribution in [3.05, 3.63) is 42.0 Å². The van der Waals surface area contributed by atoms with Crippen LogP contribution in [0.15, 0.2) is 35.3 Å². The number of aryl methyl sites for hydroxylation is 1. The lowest BCUT2D eigenvalue weighted by Gasteiger charge is -2.23. The number of para-hydroxylation sites is 1. The Bertz CT molecular complexity index is 663. The summed E-state index contributed by atoms with van der Waals surface area (Å²) in [5, 5.41) is 14.8. The molecule has 0 aliphatic carbocycles. The lowest BCUT2D eigenvalue weighted by molar-refractivity contribution is 0.691. The molecule has 136 valence electrons. The molecule has 1 aromatic carbocycles. The third-order valence-corrected chi connectivity index (χ3v) is 4.22. The second-order valence-electron chi connectivity index (χ2n) is 5.84. The van der Waals surface area contributed by atoms with Gasteiger partial charge in [0.15, 0.2) is 11.8 Å². The maximum Gasteiger partial charge on any atom is 0.191 e. The average molecular weight is 343 g/mol. The van der Waals surface area contributed by atoms with Gasteiger partial charge < -0.3 is 20.1 Å². The molecule has 7 heteroatoms. The Morgan fingerprint density at radius 3 is 2.56 bits per heavy atom. The van der Waals surface area contributed by atoms with Gasteiger partial charge in [-0.3, -0.25) is 4.99 Å². The first-order valence-corrected chi connectivity index (χ1v) is 8.75. The first-order valence-electron chi connectivity index (χ1n) is 8.75. The third kappa shape index (κ3) is 5.48. The lowest BCUT2D eigenvalue weighted by Crippen LogP contribution is -2.38. The van der Waals surface area contributed by atoms with Crippen molar-refractivity contribution >= 4 is 11.6 Å². The molecule has 25 heavy (non-hydrogen) atoms. The minimum Gasteiger partial charge on any atom is -0.372 e. The summed E-state index contributed by atoms with van der Waals surface area (Å²) in [7, 11) is 3.74. The van der Waals surface area contributed by atoms with E-state index in [1.807, 2.05) is 24.6 Å². The van der Waals surface area contributed by atoms with Gasteiger partial charge in [-0.15, -0.1) is 10.2 Å². The van der Waals surface area contributed by atoms with E-state index in [0.717, 1.165) is 43.7 Å². The Morgan fingerprint density at radius 2 is 1.96 bits per heavy atom. The number of benzene rings is 1. The van der Waals surface area contributed by atoms with E-state index in [1.54, 1.807) is 7.05 Å². The van der Waals surface area contributed by atoms with Gasteiger partial charge in [0.1, 0.15) is 5.82 Å².